The van der Waals surface area contributed by atoms with Gasteiger partial charge in [0, 0.05) is 12.8 Å². The molecular weight excluding hydrogens is 166 g/mol. The van der Waals surface area contributed by atoms with E-state index in [1.54, 1.807) is 14.2 Å². The third-order valence-electron chi connectivity index (χ3n) is 1.82. The van der Waals surface area contributed by atoms with Crippen molar-refractivity contribution in [1.82, 2.24) is 0 Å². The monoisotopic (exact) mass is 181 g/mol. The fourth-order valence-electron chi connectivity index (χ4n) is 1.14. The summed E-state index contributed by atoms with van der Waals surface area (Å²) in [5.41, 5.74) is 2.16. The summed E-state index contributed by atoms with van der Waals surface area (Å²) >= 11 is 0. The van der Waals surface area contributed by atoms with Gasteiger partial charge in [0.1, 0.15) is 12.5 Å². The van der Waals surface area contributed by atoms with Crippen LogP contribution in [-0.2, 0) is 4.74 Å². The number of hydrogen-bond donors (Lipinski definition) is 1. The van der Waals surface area contributed by atoms with Gasteiger partial charge < -0.3 is 14.8 Å². The number of aryl methyl sites for hydroxylation is 1. The molecule has 0 saturated heterocycles. The van der Waals surface area contributed by atoms with Gasteiger partial charge in [0.15, 0.2) is 0 Å². The van der Waals surface area contributed by atoms with Crippen molar-refractivity contribution in [2.75, 3.05) is 26.3 Å². The molecule has 0 aliphatic rings. The van der Waals surface area contributed by atoms with Gasteiger partial charge in [-0.2, -0.15) is 0 Å². The molecule has 0 radical (unpaired) electrons. The second-order valence-corrected chi connectivity index (χ2v) is 2.79. The molecule has 0 fully saturated rings. The van der Waals surface area contributed by atoms with Crippen LogP contribution < -0.4 is 10.1 Å². The number of nitrogens with one attached hydrogen (secondary N) is 1. The topological polar surface area (TPSA) is 30.5 Å². The Morgan fingerprint density at radius 3 is 2.62 bits per heavy atom. The van der Waals surface area contributed by atoms with E-state index >= 15 is 0 Å². The summed E-state index contributed by atoms with van der Waals surface area (Å²) in [4.78, 5) is 0. The van der Waals surface area contributed by atoms with Gasteiger partial charge in [-0.3, -0.25) is 0 Å². The maximum atomic E-state index is 5.15. The summed E-state index contributed by atoms with van der Waals surface area (Å²) in [5.74, 6) is 0.906. The SMILES string of the molecule is COCNc1ccc(OC)c(C)c1. The fourth-order valence-corrected chi connectivity index (χ4v) is 1.14. The molecule has 0 aliphatic carbocycles. The summed E-state index contributed by atoms with van der Waals surface area (Å²) in [6.45, 7) is 2.53. The van der Waals surface area contributed by atoms with Crippen molar-refractivity contribution in [3.05, 3.63) is 23.8 Å². The Kier molecular flexibility index (Phi) is 3.58. The van der Waals surface area contributed by atoms with Crippen molar-refractivity contribution >= 4 is 5.69 Å². The third-order valence-corrected chi connectivity index (χ3v) is 1.82. The first-order chi connectivity index (χ1) is 6.27. The van der Waals surface area contributed by atoms with Gasteiger partial charge in [-0.25, -0.2) is 0 Å². The Bertz CT molecular complexity index is 274. The lowest BCUT2D eigenvalue weighted by Gasteiger charge is -2.08. The third kappa shape index (κ3) is 2.63. The lowest BCUT2D eigenvalue weighted by atomic mass is 10.2. The van der Waals surface area contributed by atoms with E-state index in [1.165, 1.54) is 0 Å². The standard InChI is InChI=1S/C10H15NO2/c1-8-6-9(11-7-12-2)4-5-10(8)13-3/h4-6,11H,7H2,1-3H3. The smallest absolute Gasteiger partial charge is 0.121 e. The van der Waals surface area contributed by atoms with Crippen LogP contribution >= 0.6 is 0 Å². The molecule has 1 rings (SSSR count). The molecule has 3 heteroatoms. The van der Waals surface area contributed by atoms with Crippen molar-refractivity contribution in [2.45, 2.75) is 6.92 Å². The van der Waals surface area contributed by atoms with Crippen LogP contribution in [0, 0.1) is 6.92 Å². The number of anilines is 1. The highest BCUT2D eigenvalue weighted by atomic mass is 16.5. The van der Waals surface area contributed by atoms with Crippen LogP contribution in [0.1, 0.15) is 5.56 Å². The van der Waals surface area contributed by atoms with Gasteiger partial charge in [-0.05, 0) is 30.7 Å². The van der Waals surface area contributed by atoms with Crippen LogP contribution in [-0.4, -0.2) is 21.0 Å². The lowest BCUT2D eigenvalue weighted by Crippen LogP contribution is -2.03. The van der Waals surface area contributed by atoms with Crippen LogP contribution in [0.15, 0.2) is 18.2 Å². The minimum atomic E-state index is 0.520. The number of benzene rings is 1. The summed E-state index contributed by atoms with van der Waals surface area (Å²) in [6.07, 6.45) is 0. The van der Waals surface area contributed by atoms with Gasteiger partial charge in [0.25, 0.3) is 0 Å². The summed E-state index contributed by atoms with van der Waals surface area (Å²) in [7, 11) is 3.33. The maximum absolute atomic E-state index is 5.15. The highest BCUT2D eigenvalue weighted by molar-refractivity contribution is 5.50. The van der Waals surface area contributed by atoms with Gasteiger partial charge in [-0.1, -0.05) is 0 Å². The molecule has 0 spiro atoms. The minimum absolute atomic E-state index is 0.520. The van der Waals surface area contributed by atoms with Crippen molar-refractivity contribution in [1.29, 1.82) is 0 Å². The lowest BCUT2D eigenvalue weighted by molar-refractivity contribution is 0.221. The zero-order valence-corrected chi connectivity index (χ0v) is 8.26. The number of methoxy groups -OCH3 is 2. The summed E-state index contributed by atoms with van der Waals surface area (Å²) in [6, 6.07) is 5.93. The van der Waals surface area contributed by atoms with Crippen molar-refractivity contribution in [2.24, 2.45) is 0 Å². The molecular formula is C10H15NO2. The predicted molar refractivity (Wildman–Crippen MR) is 53.2 cm³/mol. The molecule has 0 saturated carbocycles. The van der Waals surface area contributed by atoms with E-state index in [1.807, 2.05) is 25.1 Å². The first kappa shape index (κ1) is 9.86. The molecule has 0 bridgehead atoms. The molecule has 0 aromatic heterocycles. The Balaban J connectivity index is 2.71. The highest BCUT2D eigenvalue weighted by Crippen LogP contribution is 2.20. The average molecular weight is 181 g/mol. The minimum Gasteiger partial charge on any atom is -0.496 e. The zero-order chi connectivity index (χ0) is 9.68. The average Bonchev–Trinajstić information content (AvgIpc) is 2.15. The normalized spacial score (nSPS) is 9.77. The summed E-state index contributed by atoms with van der Waals surface area (Å²) < 4.78 is 10.0. The number of ether oxygens (including phenoxy) is 2. The molecule has 72 valence electrons. The summed E-state index contributed by atoms with van der Waals surface area (Å²) in [5, 5.41) is 3.11. The Labute approximate surface area is 78.7 Å². The van der Waals surface area contributed by atoms with Crippen molar-refractivity contribution in [3.8, 4) is 5.75 Å². The largest absolute Gasteiger partial charge is 0.496 e. The second-order valence-electron chi connectivity index (χ2n) is 2.79. The Morgan fingerprint density at radius 2 is 2.08 bits per heavy atom. The zero-order valence-electron chi connectivity index (χ0n) is 8.26. The van der Waals surface area contributed by atoms with Gasteiger partial charge in [0.2, 0.25) is 0 Å². The van der Waals surface area contributed by atoms with E-state index in [4.69, 9.17) is 9.47 Å². The van der Waals surface area contributed by atoms with Crippen molar-refractivity contribution < 1.29 is 9.47 Å². The van der Waals surface area contributed by atoms with Gasteiger partial charge >= 0.3 is 0 Å². The fraction of sp³-hybridized carbons (Fsp3) is 0.400. The van der Waals surface area contributed by atoms with Crippen LogP contribution in [0.5, 0.6) is 5.75 Å². The van der Waals surface area contributed by atoms with E-state index in [0.29, 0.717) is 6.73 Å². The molecule has 1 aromatic carbocycles. The van der Waals surface area contributed by atoms with Gasteiger partial charge in [-0.15, -0.1) is 0 Å². The van der Waals surface area contributed by atoms with E-state index in [0.717, 1.165) is 17.0 Å². The molecule has 0 atom stereocenters. The van der Waals surface area contributed by atoms with E-state index in [-0.39, 0.29) is 0 Å². The molecule has 0 aliphatic heterocycles. The molecule has 1 aromatic rings. The van der Waals surface area contributed by atoms with E-state index in [2.05, 4.69) is 5.32 Å². The van der Waals surface area contributed by atoms with Crippen LogP contribution in [0.2, 0.25) is 0 Å². The molecule has 3 nitrogen and oxygen atoms in total. The van der Waals surface area contributed by atoms with Crippen LogP contribution in [0.4, 0.5) is 5.69 Å². The van der Waals surface area contributed by atoms with Crippen LogP contribution in [0.25, 0.3) is 0 Å². The molecule has 0 heterocycles. The molecule has 1 N–H and O–H groups in total. The maximum Gasteiger partial charge on any atom is 0.121 e. The molecule has 13 heavy (non-hydrogen) atoms. The number of hydrogen-bond acceptors (Lipinski definition) is 3. The highest BCUT2D eigenvalue weighted by Gasteiger charge is 1.98. The first-order valence-electron chi connectivity index (χ1n) is 4.15. The van der Waals surface area contributed by atoms with Crippen molar-refractivity contribution in [3.63, 3.8) is 0 Å². The Morgan fingerprint density at radius 1 is 1.31 bits per heavy atom. The second kappa shape index (κ2) is 4.72. The number of rotatable bonds is 4. The predicted octanol–water partition coefficient (Wildman–Crippen LogP) is 2.02. The molecule has 0 amide bonds. The molecule has 0 unspecified atom stereocenters. The van der Waals surface area contributed by atoms with Crippen LogP contribution in [0.3, 0.4) is 0 Å². The van der Waals surface area contributed by atoms with E-state index < -0.39 is 0 Å². The van der Waals surface area contributed by atoms with Gasteiger partial charge in [0.05, 0.1) is 7.11 Å². The Hall–Kier alpha value is -1.22. The van der Waals surface area contributed by atoms with E-state index in [9.17, 15) is 0 Å². The first-order valence-corrected chi connectivity index (χ1v) is 4.15. The quantitative estimate of drug-likeness (QED) is 0.721.